The van der Waals surface area contributed by atoms with Crippen LogP contribution in [0.2, 0.25) is 0 Å². The van der Waals surface area contributed by atoms with E-state index >= 15 is 0 Å². The van der Waals surface area contributed by atoms with E-state index in [9.17, 15) is 13.9 Å². The second kappa shape index (κ2) is 5.69. The van der Waals surface area contributed by atoms with Crippen molar-refractivity contribution in [1.29, 1.82) is 0 Å². The molecule has 0 amide bonds. The average Bonchev–Trinajstić information content (AvgIpc) is 2.82. The minimum absolute atomic E-state index is 0.0689. The highest BCUT2D eigenvalue weighted by atomic mass is 19.1. The Morgan fingerprint density at radius 3 is 2.84 bits per heavy atom. The van der Waals surface area contributed by atoms with E-state index in [0.717, 1.165) is 12.5 Å². The number of hydrogen-bond acceptors (Lipinski definition) is 4. The van der Waals surface area contributed by atoms with E-state index in [0.29, 0.717) is 19.6 Å². The molecule has 2 atom stereocenters. The van der Waals surface area contributed by atoms with Crippen LogP contribution in [0.3, 0.4) is 0 Å². The van der Waals surface area contributed by atoms with Crippen LogP contribution < -0.4 is 10.2 Å². The fraction of sp³-hybridized carbons (Fsp3) is 0.615. The molecule has 6 heteroatoms. The van der Waals surface area contributed by atoms with Crippen LogP contribution in [0.25, 0.3) is 0 Å². The van der Waals surface area contributed by atoms with Gasteiger partial charge in [0, 0.05) is 31.6 Å². The first-order valence-electron chi connectivity index (χ1n) is 6.55. The maximum absolute atomic E-state index is 13.8. The summed E-state index contributed by atoms with van der Waals surface area (Å²) in [6, 6.07) is 0.857. The third-order valence-electron chi connectivity index (χ3n) is 3.46. The van der Waals surface area contributed by atoms with Gasteiger partial charge >= 0.3 is 0 Å². The monoisotopic (exact) mass is 271 g/mol. The van der Waals surface area contributed by atoms with Crippen molar-refractivity contribution in [1.82, 2.24) is 4.98 Å². The van der Waals surface area contributed by atoms with Gasteiger partial charge in [-0.05, 0) is 20.3 Å². The Labute approximate surface area is 111 Å². The molecule has 1 aromatic heterocycles. The summed E-state index contributed by atoms with van der Waals surface area (Å²) >= 11 is 0. The number of anilines is 2. The topological polar surface area (TPSA) is 48.4 Å². The zero-order valence-electron chi connectivity index (χ0n) is 11.2. The van der Waals surface area contributed by atoms with Crippen molar-refractivity contribution < 1.29 is 13.9 Å². The maximum atomic E-state index is 13.8. The van der Waals surface area contributed by atoms with Crippen molar-refractivity contribution in [2.75, 3.05) is 29.9 Å². The highest BCUT2D eigenvalue weighted by molar-refractivity contribution is 5.50. The number of nitrogens with zero attached hydrogens (tertiary/aromatic N) is 2. The van der Waals surface area contributed by atoms with Gasteiger partial charge in [0.05, 0.1) is 6.10 Å². The second-order valence-electron chi connectivity index (χ2n) is 4.89. The third-order valence-corrected chi connectivity index (χ3v) is 3.46. The number of nitrogens with one attached hydrogen (secondary N) is 1. The molecule has 2 unspecified atom stereocenters. The lowest BCUT2D eigenvalue weighted by Crippen LogP contribution is -2.26. The average molecular weight is 271 g/mol. The fourth-order valence-corrected chi connectivity index (χ4v) is 2.34. The Morgan fingerprint density at radius 1 is 1.53 bits per heavy atom. The number of halogens is 2. The lowest BCUT2D eigenvalue weighted by Gasteiger charge is -2.20. The van der Waals surface area contributed by atoms with Gasteiger partial charge in [-0.3, -0.25) is 0 Å². The SMILES string of the molecule is CCNc1nc(N2CCC(C(C)O)C2)c(F)cc1F. The molecule has 0 bridgehead atoms. The molecule has 106 valence electrons. The number of aliphatic hydroxyl groups excluding tert-OH is 1. The Morgan fingerprint density at radius 2 is 2.26 bits per heavy atom. The summed E-state index contributed by atoms with van der Waals surface area (Å²) in [5, 5.41) is 12.3. The molecule has 19 heavy (non-hydrogen) atoms. The van der Waals surface area contributed by atoms with Gasteiger partial charge in [0.1, 0.15) is 0 Å². The van der Waals surface area contributed by atoms with Gasteiger partial charge in [-0.1, -0.05) is 0 Å². The Bertz CT molecular complexity index is 454. The number of pyridine rings is 1. The summed E-state index contributed by atoms with van der Waals surface area (Å²) in [7, 11) is 0. The smallest absolute Gasteiger partial charge is 0.168 e. The van der Waals surface area contributed by atoms with E-state index in [-0.39, 0.29) is 17.6 Å². The highest BCUT2D eigenvalue weighted by Gasteiger charge is 2.29. The lowest BCUT2D eigenvalue weighted by molar-refractivity contribution is 0.136. The van der Waals surface area contributed by atoms with Gasteiger partial charge in [-0.25, -0.2) is 13.8 Å². The summed E-state index contributed by atoms with van der Waals surface area (Å²) in [6.45, 7) is 5.23. The number of rotatable bonds is 4. The molecule has 0 spiro atoms. The van der Waals surface area contributed by atoms with Crippen LogP contribution in [0.4, 0.5) is 20.4 Å². The van der Waals surface area contributed by atoms with E-state index in [4.69, 9.17) is 0 Å². The van der Waals surface area contributed by atoms with Crippen LogP contribution in [-0.4, -0.2) is 35.8 Å². The predicted molar refractivity (Wildman–Crippen MR) is 70.3 cm³/mol. The van der Waals surface area contributed by atoms with E-state index in [2.05, 4.69) is 10.3 Å². The maximum Gasteiger partial charge on any atom is 0.168 e. The van der Waals surface area contributed by atoms with Gasteiger partial charge in [-0.2, -0.15) is 0 Å². The van der Waals surface area contributed by atoms with E-state index < -0.39 is 17.7 Å². The Hall–Kier alpha value is -1.43. The highest BCUT2D eigenvalue weighted by Crippen LogP contribution is 2.28. The van der Waals surface area contributed by atoms with Gasteiger partial charge in [0.25, 0.3) is 0 Å². The molecule has 0 saturated carbocycles. The first kappa shape index (κ1) is 14.0. The van der Waals surface area contributed by atoms with Crippen LogP contribution in [0.1, 0.15) is 20.3 Å². The molecule has 4 nitrogen and oxygen atoms in total. The molecule has 2 rings (SSSR count). The molecule has 0 aliphatic carbocycles. The normalized spacial score (nSPS) is 20.7. The molecule has 0 aromatic carbocycles. The molecule has 1 aliphatic rings. The summed E-state index contributed by atoms with van der Waals surface area (Å²) in [5.41, 5.74) is 0. The number of aromatic nitrogens is 1. The molecule has 1 saturated heterocycles. The standard InChI is InChI=1S/C13H19F2N3O/c1-3-16-12-10(14)6-11(15)13(17-12)18-5-4-9(7-18)8(2)19/h6,8-9,19H,3-5,7H2,1-2H3,(H,16,17). The quantitative estimate of drug-likeness (QED) is 0.879. The zero-order chi connectivity index (χ0) is 14.0. The minimum atomic E-state index is -0.686. The largest absolute Gasteiger partial charge is 0.393 e. The van der Waals surface area contributed by atoms with Crippen LogP contribution in [0.15, 0.2) is 6.07 Å². The van der Waals surface area contributed by atoms with Crippen molar-refractivity contribution in [3.63, 3.8) is 0 Å². The van der Waals surface area contributed by atoms with E-state index in [1.807, 2.05) is 6.92 Å². The van der Waals surface area contributed by atoms with E-state index in [1.165, 1.54) is 0 Å². The molecule has 1 aliphatic heterocycles. The second-order valence-corrected chi connectivity index (χ2v) is 4.89. The van der Waals surface area contributed by atoms with Crippen molar-refractivity contribution in [3.05, 3.63) is 17.7 Å². The predicted octanol–water partition coefficient (Wildman–Crippen LogP) is 2.00. The van der Waals surface area contributed by atoms with Crippen LogP contribution in [0, 0.1) is 17.6 Å². The van der Waals surface area contributed by atoms with Crippen LogP contribution in [-0.2, 0) is 0 Å². The molecular weight excluding hydrogens is 252 g/mol. The molecular formula is C13H19F2N3O. The molecule has 1 fully saturated rings. The lowest BCUT2D eigenvalue weighted by atomic mass is 10.0. The number of hydrogen-bond donors (Lipinski definition) is 2. The zero-order valence-corrected chi connectivity index (χ0v) is 11.2. The van der Waals surface area contributed by atoms with Gasteiger partial charge in [0.2, 0.25) is 0 Å². The fourth-order valence-electron chi connectivity index (χ4n) is 2.34. The van der Waals surface area contributed by atoms with Crippen molar-refractivity contribution >= 4 is 11.6 Å². The molecule has 2 N–H and O–H groups in total. The third kappa shape index (κ3) is 2.94. The molecule has 1 aromatic rings. The summed E-state index contributed by atoms with van der Waals surface area (Å²) in [6.07, 6.45) is 0.355. The Balaban J connectivity index is 2.22. The van der Waals surface area contributed by atoms with Gasteiger partial charge in [-0.15, -0.1) is 0 Å². The Kier molecular flexibility index (Phi) is 4.19. The van der Waals surface area contributed by atoms with Crippen molar-refractivity contribution in [3.8, 4) is 0 Å². The summed E-state index contributed by atoms with van der Waals surface area (Å²) in [4.78, 5) is 5.78. The molecule has 2 heterocycles. The van der Waals surface area contributed by atoms with Crippen molar-refractivity contribution in [2.24, 2.45) is 5.92 Å². The number of aliphatic hydroxyl groups is 1. The first-order valence-corrected chi connectivity index (χ1v) is 6.55. The summed E-state index contributed by atoms with van der Waals surface area (Å²) < 4.78 is 27.3. The summed E-state index contributed by atoms with van der Waals surface area (Å²) in [5.74, 6) is -1.02. The van der Waals surface area contributed by atoms with Crippen LogP contribution in [0.5, 0.6) is 0 Å². The van der Waals surface area contributed by atoms with Gasteiger partial charge in [0.15, 0.2) is 23.3 Å². The van der Waals surface area contributed by atoms with E-state index in [1.54, 1.807) is 11.8 Å². The minimum Gasteiger partial charge on any atom is -0.393 e. The van der Waals surface area contributed by atoms with Crippen LogP contribution >= 0.6 is 0 Å². The van der Waals surface area contributed by atoms with Gasteiger partial charge < -0.3 is 15.3 Å². The molecule has 0 radical (unpaired) electrons. The van der Waals surface area contributed by atoms with Crippen molar-refractivity contribution in [2.45, 2.75) is 26.4 Å². The first-order chi connectivity index (χ1) is 9.02.